The third kappa shape index (κ3) is 2.06. The summed E-state index contributed by atoms with van der Waals surface area (Å²) in [4.78, 5) is 14.0. The second kappa shape index (κ2) is 3.40. The Bertz CT molecular complexity index is 373. The van der Waals surface area contributed by atoms with E-state index in [1.165, 1.54) is 0 Å². The van der Waals surface area contributed by atoms with E-state index in [1.807, 2.05) is 23.2 Å². The van der Waals surface area contributed by atoms with Crippen molar-refractivity contribution in [1.82, 2.24) is 9.47 Å². The molecule has 3 heteroatoms. The van der Waals surface area contributed by atoms with E-state index in [4.69, 9.17) is 0 Å². The molecule has 1 aliphatic rings. The van der Waals surface area contributed by atoms with Crippen LogP contribution in [-0.2, 0) is 6.42 Å². The van der Waals surface area contributed by atoms with Gasteiger partial charge < -0.3 is 4.90 Å². The lowest BCUT2D eigenvalue weighted by Gasteiger charge is -2.33. The van der Waals surface area contributed by atoms with Gasteiger partial charge in [0.1, 0.15) is 0 Å². The average Bonchev–Trinajstić information content (AvgIpc) is 2.56. The van der Waals surface area contributed by atoms with E-state index in [-0.39, 0.29) is 11.4 Å². The number of hydrogen-bond acceptors (Lipinski definition) is 1. The molecule has 0 bridgehead atoms. The second-order valence-corrected chi connectivity index (χ2v) is 5.38. The zero-order chi connectivity index (χ0) is 11.1. The highest BCUT2D eigenvalue weighted by Crippen LogP contribution is 2.19. The quantitative estimate of drug-likeness (QED) is 0.692. The molecule has 2 rings (SSSR count). The normalized spacial score (nSPS) is 16.7. The summed E-state index contributed by atoms with van der Waals surface area (Å²) in [6.45, 7) is 8.14. The van der Waals surface area contributed by atoms with Gasteiger partial charge in [0.05, 0.1) is 0 Å². The van der Waals surface area contributed by atoms with E-state index in [0.717, 1.165) is 25.2 Å². The largest absolute Gasteiger partial charge is 0.328 e. The highest BCUT2D eigenvalue weighted by atomic mass is 16.2. The molecule has 1 amide bonds. The summed E-state index contributed by atoms with van der Waals surface area (Å²) in [5, 5.41) is 0. The summed E-state index contributed by atoms with van der Waals surface area (Å²) in [5.74, 6) is 0. The van der Waals surface area contributed by atoms with Gasteiger partial charge in [0, 0.05) is 31.4 Å². The van der Waals surface area contributed by atoms with Gasteiger partial charge in [-0.25, -0.2) is 4.79 Å². The first-order valence-corrected chi connectivity index (χ1v) is 5.43. The van der Waals surface area contributed by atoms with Crippen LogP contribution in [0.15, 0.2) is 18.3 Å². The summed E-state index contributed by atoms with van der Waals surface area (Å²) in [6.07, 6.45) is 2.82. The first kappa shape index (κ1) is 10.3. The van der Waals surface area contributed by atoms with Crippen LogP contribution in [0.4, 0.5) is 4.79 Å². The summed E-state index contributed by atoms with van der Waals surface area (Å²) in [7, 11) is 0. The number of amides is 1. The van der Waals surface area contributed by atoms with Crippen LogP contribution in [0.1, 0.15) is 26.5 Å². The fraction of sp³-hybridized carbons (Fsp3) is 0.583. The lowest BCUT2D eigenvalue weighted by Crippen LogP contribution is -2.44. The van der Waals surface area contributed by atoms with E-state index in [2.05, 4.69) is 20.8 Å². The zero-order valence-corrected chi connectivity index (χ0v) is 9.66. The molecule has 2 heterocycles. The average molecular weight is 206 g/mol. The highest BCUT2D eigenvalue weighted by Gasteiger charge is 2.26. The van der Waals surface area contributed by atoms with Gasteiger partial charge in [-0.3, -0.25) is 4.57 Å². The molecule has 3 nitrogen and oxygen atoms in total. The van der Waals surface area contributed by atoms with Crippen molar-refractivity contribution in [3.05, 3.63) is 24.0 Å². The minimum absolute atomic E-state index is 0.121. The van der Waals surface area contributed by atoms with Crippen molar-refractivity contribution in [2.45, 2.75) is 27.2 Å². The molecule has 0 aliphatic carbocycles. The Kier molecular flexibility index (Phi) is 2.33. The number of carbonyl (C=O) groups is 1. The Morgan fingerprint density at radius 3 is 2.80 bits per heavy atom. The van der Waals surface area contributed by atoms with Gasteiger partial charge >= 0.3 is 6.03 Å². The van der Waals surface area contributed by atoms with Gasteiger partial charge in [-0.15, -0.1) is 0 Å². The van der Waals surface area contributed by atoms with Gasteiger partial charge in [0.2, 0.25) is 0 Å². The molecule has 0 unspecified atom stereocenters. The molecule has 0 fully saturated rings. The second-order valence-electron chi connectivity index (χ2n) is 5.38. The number of rotatable bonds is 1. The Balaban J connectivity index is 2.17. The number of nitrogens with zero attached hydrogens (tertiary/aromatic N) is 2. The molecule has 0 radical (unpaired) electrons. The lowest BCUT2D eigenvalue weighted by molar-refractivity contribution is 0.167. The van der Waals surface area contributed by atoms with E-state index in [1.54, 1.807) is 4.57 Å². The molecule has 0 atom stereocenters. The van der Waals surface area contributed by atoms with E-state index in [0.29, 0.717) is 0 Å². The topological polar surface area (TPSA) is 25.2 Å². The Labute approximate surface area is 90.7 Å². The molecular formula is C12H18N2O. The van der Waals surface area contributed by atoms with Crippen LogP contribution in [0.3, 0.4) is 0 Å². The molecular weight excluding hydrogens is 188 g/mol. The van der Waals surface area contributed by atoms with Crippen molar-refractivity contribution < 1.29 is 4.79 Å². The number of aromatic nitrogens is 1. The summed E-state index contributed by atoms with van der Waals surface area (Å²) < 4.78 is 1.76. The van der Waals surface area contributed by atoms with Crippen LogP contribution in [-0.4, -0.2) is 28.6 Å². The smallest absolute Gasteiger partial charge is 0.323 e. The molecule has 0 spiro atoms. The van der Waals surface area contributed by atoms with Gasteiger partial charge in [-0.1, -0.05) is 20.8 Å². The maximum atomic E-state index is 12.0. The van der Waals surface area contributed by atoms with Crippen molar-refractivity contribution in [1.29, 1.82) is 0 Å². The van der Waals surface area contributed by atoms with Gasteiger partial charge in [-0.2, -0.15) is 0 Å². The maximum Gasteiger partial charge on any atom is 0.328 e. The minimum atomic E-state index is 0.121. The van der Waals surface area contributed by atoms with Gasteiger partial charge in [0.15, 0.2) is 0 Å². The molecule has 1 aromatic heterocycles. The monoisotopic (exact) mass is 206 g/mol. The Morgan fingerprint density at radius 1 is 1.40 bits per heavy atom. The van der Waals surface area contributed by atoms with Crippen LogP contribution in [0.2, 0.25) is 0 Å². The predicted octanol–water partition coefficient (Wildman–Crippen LogP) is 2.36. The highest BCUT2D eigenvalue weighted by molar-refractivity contribution is 5.79. The summed E-state index contributed by atoms with van der Waals surface area (Å²) in [6, 6.07) is 4.08. The van der Waals surface area contributed by atoms with E-state index >= 15 is 0 Å². The van der Waals surface area contributed by atoms with Crippen LogP contribution in [0, 0.1) is 5.41 Å². The van der Waals surface area contributed by atoms with Crippen molar-refractivity contribution in [2.75, 3.05) is 13.1 Å². The fourth-order valence-electron chi connectivity index (χ4n) is 2.02. The first-order chi connectivity index (χ1) is 6.97. The van der Waals surface area contributed by atoms with Crippen molar-refractivity contribution >= 4 is 6.03 Å². The third-order valence-corrected chi connectivity index (χ3v) is 2.61. The van der Waals surface area contributed by atoms with Crippen LogP contribution in [0.25, 0.3) is 0 Å². The Hall–Kier alpha value is -1.25. The Morgan fingerprint density at radius 2 is 2.13 bits per heavy atom. The van der Waals surface area contributed by atoms with Gasteiger partial charge in [0.25, 0.3) is 0 Å². The van der Waals surface area contributed by atoms with Gasteiger partial charge in [-0.05, 0) is 17.5 Å². The first-order valence-electron chi connectivity index (χ1n) is 5.43. The molecule has 0 saturated heterocycles. The molecule has 0 aromatic carbocycles. The minimum Gasteiger partial charge on any atom is -0.323 e. The molecule has 1 aliphatic heterocycles. The van der Waals surface area contributed by atoms with E-state index in [9.17, 15) is 4.79 Å². The molecule has 0 N–H and O–H groups in total. The molecule has 82 valence electrons. The maximum absolute atomic E-state index is 12.0. The fourth-order valence-corrected chi connectivity index (χ4v) is 2.02. The predicted molar refractivity (Wildman–Crippen MR) is 60.0 cm³/mol. The van der Waals surface area contributed by atoms with Crippen molar-refractivity contribution in [2.24, 2.45) is 5.41 Å². The molecule has 1 aromatic rings. The van der Waals surface area contributed by atoms with Crippen molar-refractivity contribution in [3.63, 3.8) is 0 Å². The summed E-state index contributed by atoms with van der Waals surface area (Å²) in [5.41, 5.74) is 1.30. The zero-order valence-electron chi connectivity index (χ0n) is 9.66. The van der Waals surface area contributed by atoms with E-state index < -0.39 is 0 Å². The van der Waals surface area contributed by atoms with Crippen LogP contribution >= 0.6 is 0 Å². The molecule has 0 saturated carbocycles. The molecule has 15 heavy (non-hydrogen) atoms. The van der Waals surface area contributed by atoms with Crippen LogP contribution in [0.5, 0.6) is 0 Å². The third-order valence-electron chi connectivity index (χ3n) is 2.61. The number of hydrogen-bond donors (Lipinski definition) is 0. The SMILES string of the molecule is CC(C)(C)CN1CCc2cccn2C1=O. The lowest BCUT2D eigenvalue weighted by atomic mass is 9.96. The summed E-state index contributed by atoms with van der Waals surface area (Å²) >= 11 is 0. The number of fused-ring (bicyclic) bond motifs is 1. The van der Waals surface area contributed by atoms with Crippen molar-refractivity contribution in [3.8, 4) is 0 Å². The standard InChI is InChI=1S/C12H18N2O/c1-12(2,3)9-13-8-6-10-5-4-7-14(10)11(13)15/h4-5,7H,6,8-9H2,1-3H3. The van der Waals surface area contributed by atoms with Crippen LogP contribution < -0.4 is 0 Å². The number of carbonyl (C=O) groups excluding carboxylic acids is 1.